The van der Waals surface area contributed by atoms with E-state index in [9.17, 15) is 4.79 Å². The van der Waals surface area contributed by atoms with Gasteiger partial charge in [0.15, 0.2) is 0 Å². The molecule has 1 N–H and O–H groups in total. The van der Waals surface area contributed by atoms with Crippen LogP contribution in [0.15, 0.2) is 36.5 Å². The van der Waals surface area contributed by atoms with Crippen molar-refractivity contribution in [3.8, 4) is 0 Å². The Bertz CT molecular complexity index is 1120. The van der Waals surface area contributed by atoms with Gasteiger partial charge in [-0.25, -0.2) is 9.97 Å². The second-order valence-corrected chi connectivity index (χ2v) is 9.21. The lowest BCUT2D eigenvalue weighted by Crippen LogP contribution is -2.27. The van der Waals surface area contributed by atoms with Crippen LogP contribution in [0.2, 0.25) is 0 Å². The molecule has 0 spiro atoms. The van der Waals surface area contributed by atoms with Gasteiger partial charge in [-0.15, -0.1) is 0 Å². The summed E-state index contributed by atoms with van der Waals surface area (Å²) in [7, 11) is 0. The molecule has 7 nitrogen and oxygen atoms in total. The van der Waals surface area contributed by atoms with Crippen LogP contribution in [0.1, 0.15) is 83.2 Å². The maximum absolute atomic E-state index is 12.7. The molecule has 0 saturated carbocycles. The second kappa shape index (κ2) is 9.83. The Hall–Kier alpha value is -3.06. The van der Waals surface area contributed by atoms with Crippen LogP contribution in [0.5, 0.6) is 0 Å². The number of likely N-dealkylation sites (tertiary alicyclic amines) is 1. The highest BCUT2D eigenvalue weighted by Crippen LogP contribution is 2.33. The molecule has 174 valence electrons. The molecule has 33 heavy (non-hydrogen) atoms. The van der Waals surface area contributed by atoms with Gasteiger partial charge in [-0.3, -0.25) is 14.4 Å². The number of carbonyl (C=O) groups is 1. The van der Waals surface area contributed by atoms with Crippen molar-refractivity contribution in [1.29, 1.82) is 0 Å². The second-order valence-electron chi connectivity index (χ2n) is 9.21. The van der Waals surface area contributed by atoms with Gasteiger partial charge in [0.05, 0.1) is 23.0 Å². The molecule has 0 unspecified atom stereocenters. The minimum Gasteiger partial charge on any atom is -0.348 e. The van der Waals surface area contributed by atoms with E-state index in [0.717, 1.165) is 48.7 Å². The van der Waals surface area contributed by atoms with Gasteiger partial charge in [0.2, 0.25) is 0 Å². The smallest absolute Gasteiger partial charge is 0.254 e. The van der Waals surface area contributed by atoms with Crippen molar-refractivity contribution >= 4 is 5.91 Å². The molecule has 1 aliphatic rings. The van der Waals surface area contributed by atoms with Gasteiger partial charge in [-0.05, 0) is 59.6 Å². The molecule has 1 saturated heterocycles. The first kappa shape index (κ1) is 23.1. The van der Waals surface area contributed by atoms with E-state index in [1.165, 1.54) is 11.3 Å². The van der Waals surface area contributed by atoms with Gasteiger partial charge in [0.1, 0.15) is 5.82 Å². The third-order valence-corrected chi connectivity index (χ3v) is 6.53. The summed E-state index contributed by atoms with van der Waals surface area (Å²) in [5, 5.41) is 7.72. The van der Waals surface area contributed by atoms with E-state index in [0.29, 0.717) is 18.2 Å². The molecular weight excluding hydrogens is 412 g/mol. The number of aromatic nitrogens is 4. The van der Waals surface area contributed by atoms with Crippen molar-refractivity contribution in [2.75, 3.05) is 6.54 Å². The minimum absolute atomic E-state index is 0.140. The Morgan fingerprint density at radius 1 is 1.15 bits per heavy atom. The third kappa shape index (κ3) is 4.98. The predicted molar refractivity (Wildman–Crippen MR) is 129 cm³/mol. The molecule has 2 aromatic heterocycles. The van der Waals surface area contributed by atoms with Crippen LogP contribution in [0.4, 0.5) is 0 Å². The summed E-state index contributed by atoms with van der Waals surface area (Å²) in [6, 6.07) is 10.4. The van der Waals surface area contributed by atoms with Crippen LogP contribution in [0, 0.1) is 20.8 Å². The van der Waals surface area contributed by atoms with E-state index >= 15 is 0 Å². The van der Waals surface area contributed by atoms with Crippen molar-refractivity contribution in [2.24, 2.45) is 0 Å². The van der Waals surface area contributed by atoms with E-state index in [1.807, 2.05) is 37.3 Å². The Morgan fingerprint density at radius 2 is 1.91 bits per heavy atom. The van der Waals surface area contributed by atoms with Gasteiger partial charge in [-0.2, -0.15) is 5.10 Å². The average molecular weight is 447 g/mol. The summed E-state index contributed by atoms with van der Waals surface area (Å²) in [5.74, 6) is 0.662. The van der Waals surface area contributed by atoms with Gasteiger partial charge in [0.25, 0.3) is 5.91 Å². The van der Waals surface area contributed by atoms with Crippen molar-refractivity contribution < 1.29 is 4.79 Å². The van der Waals surface area contributed by atoms with E-state index in [2.05, 4.69) is 47.6 Å². The molecule has 0 radical (unpaired) electrons. The number of aryl methyl sites for hydroxylation is 2. The number of rotatable bonds is 7. The third-order valence-electron chi connectivity index (χ3n) is 6.53. The Labute approximate surface area is 196 Å². The zero-order valence-corrected chi connectivity index (χ0v) is 20.3. The van der Waals surface area contributed by atoms with Crippen LogP contribution >= 0.6 is 0 Å². The number of benzene rings is 1. The van der Waals surface area contributed by atoms with Crippen molar-refractivity contribution in [1.82, 2.24) is 30.0 Å². The Balaban J connectivity index is 1.47. The monoisotopic (exact) mass is 446 g/mol. The maximum atomic E-state index is 12.7. The van der Waals surface area contributed by atoms with Gasteiger partial charge in [-0.1, -0.05) is 30.3 Å². The fraction of sp³-hybridized carbons (Fsp3) is 0.462. The van der Waals surface area contributed by atoms with Crippen LogP contribution in [-0.2, 0) is 13.1 Å². The first-order chi connectivity index (χ1) is 15.8. The summed E-state index contributed by atoms with van der Waals surface area (Å²) >= 11 is 0. The lowest BCUT2D eigenvalue weighted by Gasteiger charge is -2.24. The molecule has 1 amide bonds. The Kier molecular flexibility index (Phi) is 6.88. The fourth-order valence-electron chi connectivity index (χ4n) is 4.68. The lowest BCUT2D eigenvalue weighted by atomic mass is 10.1. The van der Waals surface area contributed by atoms with Crippen LogP contribution in [0.25, 0.3) is 0 Å². The molecule has 0 bridgehead atoms. The number of amides is 1. The number of nitrogens with one attached hydrogen (secondary N) is 1. The first-order valence-electron chi connectivity index (χ1n) is 11.8. The van der Waals surface area contributed by atoms with Crippen LogP contribution < -0.4 is 5.32 Å². The molecule has 7 heteroatoms. The van der Waals surface area contributed by atoms with E-state index in [4.69, 9.17) is 10.1 Å². The lowest BCUT2D eigenvalue weighted by molar-refractivity contribution is 0.0949. The van der Waals surface area contributed by atoms with E-state index in [1.54, 1.807) is 6.20 Å². The molecule has 3 heterocycles. The molecule has 3 aromatic rings. The fourth-order valence-corrected chi connectivity index (χ4v) is 4.68. The zero-order chi connectivity index (χ0) is 23.5. The molecule has 4 rings (SSSR count). The van der Waals surface area contributed by atoms with E-state index < -0.39 is 0 Å². The quantitative estimate of drug-likeness (QED) is 0.580. The summed E-state index contributed by atoms with van der Waals surface area (Å²) < 4.78 is 2.11. The van der Waals surface area contributed by atoms with Gasteiger partial charge < -0.3 is 5.32 Å². The molecular formula is C26H34N6O. The number of hydrogen-bond acceptors (Lipinski definition) is 5. The predicted octanol–water partition coefficient (Wildman–Crippen LogP) is 4.45. The summed E-state index contributed by atoms with van der Waals surface area (Å²) in [6.07, 6.45) is 3.82. The topological polar surface area (TPSA) is 75.9 Å². The summed E-state index contributed by atoms with van der Waals surface area (Å²) in [4.78, 5) is 24.5. The molecule has 1 atom stereocenters. The number of nitrogens with zero attached hydrogens (tertiary/aromatic N) is 5. The Morgan fingerprint density at radius 3 is 2.58 bits per heavy atom. The van der Waals surface area contributed by atoms with Crippen LogP contribution in [-0.4, -0.2) is 37.1 Å². The maximum Gasteiger partial charge on any atom is 0.254 e. The van der Waals surface area contributed by atoms with Crippen molar-refractivity contribution in [2.45, 2.75) is 72.6 Å². The summed E-state index contributed by atoms with van der Waals surface area (Å²) in [6.45, 7) is 12.8. The molecule has 1 aromatic carbocycles. The van der Waals surface area contributed by atoms with Crippen molar-refractivity contribution in [3.05, 3.63) is 76.1 Å². The standard InChI is InChI=1S/C26H34N6O/c1-17(2)32-20(5)23(19(4)30-32)16-31-13-9-12-24(31)25-27-15-22(18(3)29-25)26(33)28-14-21-10-7-6-8-11-21/h6-8,10-11,15,17,24H,9,12-14,16H2,1-5H3,(H,28,33)/t24-/m0/s1. The molecule has 1 fully saturated rings. The molecule has 1 aliphatic heterocycles. The van der Waals surface area contributed by atoms with Crippen LogP contribution in [0.3, 0.4) is 0 Å². The minimum atomic E-state index is -0.140. The normalized spacial score (nSPS) is 16.5. The highest BCUT2D eigenvalue weighted by Gasteiger charge is 2.30. The number of hydrogen-bond donors (Lipinski definition) is 1. The highest BCUT2D eigenvalue weighted by molar-refractivity contribution is 5.94. The largest absolute Gasteiger partial charge is 0.348 e. The number of carbonyl (C=O) groups excluding carboxylic acids is 1. The molecule has 0 aliphatic carbocycles. The van der Waals surface area contributed by atoms with Gasteiger partial charge in [0, 0.05) is 36.6 Å². The van der Waals surface area contributed by atoms with Gasteiger partial charge >= 0.3 is 0 Å². The first-order valence-corrected chi connectivity index (χ1v) is 11.8. The highest BCUT2D eigenvalue weighted by atomic mass is 16.1. The van der Waals surface area contributed by atoms with E-state index in [-0.39, 0.29) is 11.9 Å². The summed E-state index contributed by atoms with van der Waals surface area (Å²) in [5.41, 5.74) is 5.94. The van der Waals surface area contributed by atoms with Crippen molar-refractivity contribution in [3.63, 3.8) is 0 Å². The SMILES string of the molecule is Cc1nc([C@@H]2CCCN2Cc2c(C)nn(C(C)C)c2C)ncc1C(=O)NCc1ccccc1. The average Bonchev–Trinajstić information content (AvgIpc) is 3.38. The zero-order valence-electron chi connectivity index (χ0n) is 20.3.